The Bertz CT molecular complexity index is 7280. The summed E-state index contributed by atoms with van der Waals surface area (Å²) in [7, 11) is 0. The number of phenols is 30. The van der Waals surface area contributed by atoms with Gasteiger partial charge >= 0.3 is 59.7 Å². The van der Waals surface area contributed by atoms with Crippen molar-refractivity contribution in [2.24, 2.45) is 0 Å². The van der Waals surface area contributed by atoms with Crippen molar-refractivity contribution in [1.29, 1.82) is 0 Å². The zero-order valence-electron chi connectivity index (χ0n) is 64.6. The molecule has 10 aliphatic rings. The van der Waals surface area contributed by atoms with Gasteiger partial charge in [0.25, 0.3) is 0 Å². The van der Waals surface area contributed by atoms with Crippen LogP contribution in [0.2, 0.25) is 0 Å². The molecule has 0 radical (unpaired) electrons. The number of hydrogen-bond acceptors (Lipinski definition) is 51. The molecule has 684 valence electrons. The summed E-state index contributed by atoms with van der Waals surface area (Å²) >= 11 is 0. The molecule has 0 aromatic heterocycles. The molecule has 0 spiro atoms. The number of esters is 10. The highest BCUT2D eigenvalue weighted by Crippen LogP contribution is 2.68. The Morgan fingerprint density at radius 2 is 0.391 bits per heavy atom. The molecule has 20 rings (SSSR count). The van der Waals surface area contributed by atoms with Gasteiger partial charge < -0.3 is 206 Å². The van der Waals surface area contributed by atoms with E-state index < -0.39 is 445 Å². The Morgan fingerprint density at radius 3 is 0.729 bits per heavy atom. The maximum Gasteiger partial charge on any atom is 0.340 e. The summed E-state index contributed by atoms with van der Waals surface area (Å²) in [4.78, 5) is 159. The third kappa shape index (κ3) is 11.3. The molecule has 0 saturated carbocycles. The third-order valence-electron chi connectivity index (χ3n) is 23.4. The molecule has 0 saturated heterocycles. The molecule has 10 heterocycles. The van der Waals surface area contributed by atoms with Crippen LogP contribution in [0.15, 0.2) is 30.3 Å². The summed E-state index contributed by atoms with van der Waals surface area (Å²) in [6, 6.07) is 0.454. The van der Waals surface area contributed by atoms with Gasteiger partial charge in [0, 0.05) is 83.5 Å². The van der Waals surface area contributed by atoms with E-state index in [9.17, 15) is 168 Å². The minimum atomic E-state index is -3.66. The molecule has 10 atom stereocenters. The Balaban J connectivity index is 0.956. The number of carbonyl (C=O) groups is 10. The van der Waals surface area contributed by atoms with Crippen LogP contribution < -0.4 is 0 Å². The summed E-state index contributed by atoms with van der Waals surface area (Å²) in [5.74, 6) is -84.2. The van der Waals surface area contributed by atoms with Gasteiger partial charge in [0.05, 0.1) is 61.6 Å². The molecule has 51 heteroatoms. The smallest absolute Gasteiger partial charge is 0.340 e. The van der Waals surface area contributed by atoms with Gasteiger partial charge in [-0.05, 0) is 30.3 Å². The van der Waals surface area contributed by atoms with Gasteiger partial charge in [0.15, 0.2) is 164 Å². The van der Waals surface area contributed by atoms with Crippen molar-refractivity contribution in [2.45, 2.75) is 60.9 Å². The number of benzene rings is 10. The highest BCUT2D eigenvalue weighted by molar-refractivity contribution is 6.20. The highest BCUT2D eigenvalue weighted by atomic mass is 16.7. The molecule has 31 N–H and O–H groups in total. The molecule has 133 heavy (non-hydrogen) atoms. The van der Waals surface area contributed by atoms with Gasteiger partial charge in [-0.15, -0.1) is 0 Å². The average molecular weight is 1850 g/mol. The highest BCUT2D eigenvalue weighted by Gasteiger charge is 2.61. The van der Waals surface area contributed by atoms with Gasteiger partial charge in [0.1, 0.15) is 19.3 Å². The summed E-state index contributed by atoms with van der Waals surface area (Å²) in [6.45, 7) is -4.22. The normalized spacial score (nSPS) is 20.8. The maximum atomic E-state index is 16.8. The number of aromatic hydroxyl groups is 30. The van der Waals surface area contributed by atoms with E-state index in [1.54, 1.807) is 0 Å². The number of hydrogen-bond donors (Lipinski definition) is 31. The molecule has 10 aromatic rings. The van der Waals surface area contributed by atoms with Crippen LogP contribution in [-0.4, -0.2) is 280 Å². The van der Waals surface area contributed by atoms with Crippen molar-refractivity contribution >= 4 is 59.7 Å². The number of carbonyl (C=O) groups excluding carboxylic acids is 10. The number of phenolic OH excluding ortho intramolecular Hbond substituents is 30. The fourth-order valence-electron chi connectivity index (χ4n) is 17.5. The van der Waals surface area contributed by atoms with Crippen LogP contribution in [0.25, 0.3) is 66.8 Å². The average Bonchev–Trinajstić information content (AvgIpc) is 1.51. The zero-order chi connectivity index (χ0) is 96.3. The Kier molecular flexibility index (Phi) is 18.1. The molecule has 12 bridgehead atoms. The fraction of sp³-hybridized carbons (Fsp3) is 0.146. The molecule has 0 fully saturated rings. The second kappa shape index (κ2) is 28.4. The van der Waals surface area contributed by atoms with E-state index in [1.165, 1.54) is 0 Å². The van der Waals surface area contributed by atoms with Crippen molar-refractivity contribution in [3.05, 3.63) is 103 Å². The van der Waals surface area contributed by atoms with Gasteiger partial charge in [0.2, 0.25) is 57.5 Å². The van der Waals surface area contributed by atoms with E-state index in [1.807, 2.05) is 0 Å². The minimum Gasteiger partial charge on any atom is -0.504 e. The van der Waals surface area contributed by atoms with Crippen molar-refractivity contribution in [1.82, 2.24) is 0 Å². The number of rotatable bonds is 1. The lowest BCUT2D eigenvalue weighted by Crippen LogP contribution is -2.56. The first-order chi connectivity index (χ1) is 62.6. The molecular weight excluding hydrogens is 1800 g/mol. The number of aliphatic hydroxyl groups excluding tert-OH is 1. The van der Waals surface area contributed by atoms with E-state index >= 15 is 38.4 Å². The number of fused-ring (bicyclic) bond motifs is 14. The Hall–Kier alpha value is -19.1. The van der Waals surface area contributed by atoms with Crippen molar-refractivity contribution in [2.75, 3.05) is 13.2 Å². The second-order valence-electron chi connectivity index (χ2n) is 30.3. The van der Waals surface area contributed by atoms with E-state index in [-0.39, 0.29) is 30.3 Å². The van der Waals surface area contributed by atoms with E-state index in [4.69, 9.17) is 47.4 Å². The minimum absolute atomic E-state index is 0.0437. The lowest BCUT2D eigenvalue weighted by Gasteiger charge is -2.43. The Morgan fingerprint density at radius 1 is 0.180 bits per heavy atom. The zero-order valence-corrected chi connectivity index (χ0v) is 64.6. The molecule has 0 aliphatic carbocycles. The largest absolute Gasteiger partial charge is 0.504 e. The standard InChI is InChI=1S/C82H50O51/c83-13-1-8-20(46(93)41(13)88)21-9(2-14(84)42(89)47(21)94)76(117)128-67-18(6-124-73(8)114)126-74(115)10-3-15(85)43(90)48(95)22(10)26-36-28(54(101)62(109)52(26)99)29-38-33(59(106)65(112)55(29)102)34(69(130-79(38)120)71(67)132-80(36)121)32-35-25(51(98)64(111)58(32)105)24-12(5-17(87)45(92)50(24)97)77(118)129-68-19(7-125-78(35)119)127-75(116)11-4-16(86)44(91)49(96)23(11)27-37-30(56(103)63(110)53(27)100)31-39-40(60(107)66(113)57(31)104)61(108)70(131-82(39)123)72(68)133-81(37)122/h1-5,18-19,34,61,67-72,83-113H,6-7H2/t18-,19-,34+,61+,67?,68-,69+,70+,71?,72+/m1/s1. The molecule has 10 aromatic carbocycles. The SMILES string of the molecule is O=C1OC[C@H]2OC(=O)c3cc(O)c(O)c(O)c3-c3c(O)c(O)c(O)c4c3C(=O)OC(C2OC(=O)c2cc(O)c(O)c(O)c2-c2c1cc(O)c(O)c2O)[C@H]1OC(=O)c2c-4c(O)c(O)c(O)c2[C@@H]1c1c(O)c(O)c(O)c2c1C(=O)OC[C@H]1OC(=O)c3cc(O)c(O)c(O)c3-c3c(O)c(O)c(O)c4c3C(=O)O[C@H]([C@H]3OC(=O)c5c-4c(O)c(O)c(O)c5[C@@H]3O)[C@@H]1OC(=O)c1cc(O)c(O)c(O)c1-2. The van der Waals surface area contributed by atoms with Crippen LogP contribution >= 0.6 is 0 Å². The number of aliphatic hydroxyl groups is 1. The quantitative estimate of drug-likeness (QED) is 0.0638. The molecule has 0 amide bonds. The fourth-order valence-corrected chi connectivity index (χ4v) is 17.5. The van der Waals surface area contributed by atoms with Crippen LogP contribution in [0.1, 0.15) is 132 Å². The molecular formula is C82H50O51. The van der Waals surface area contributed by atoms with Crippen LogP contribution in [0.3, 0.4) is 0 Å². The van der Waals surface area contributed by atoms with Crippen LogP contribution in [0, 0.1) is 0 Å². The molecule has 10 aliphatic heterocycles. The lowest BCUT2D eigenvalue weighted by molar-refractivity contribution is -0.154. The first-order valence-electron chi connectivity index (χ1n) is 37.2. The van der Waals surface area contributed by atoms with E-state index in [0.717, 1.165) is 0 Å². The third-order valence-corrected chi connectivity index (χ3v) is 23.4. The predicted octanol–water partition coefficient (Wildman–Crippen LogP) is 3.05. The van der Waals surface area contributed by atoms with Crippen molar-refractivity contribution < 1.29 is 254 Å². The van der Waals surface area contributed by atoms with Crippen molar-refractivity contribution in [3.8, 4) is 239 Å². The van der Waals surface area contributed by atoms with E-state index in [0.29, 0.717) is 0 Å². The summed E-state index contributed by atoms with van der Waals surface area (Å²) in [5, 5.41) is 369. The summed E-state index contributed by atoms with van der Waals surface area (Å²) in [6.07, 6.45) is -30.1. The van der Waals surface area contributed by atoms with Crippen LogP contribution in [0.4, 0.5) is 0 Å². The van der Waals surface area contributed by atoms with Crippen LogP contribution in [0.5, 0.6) is 172 Å². The maximum absolute atomic E-state index is 16.8. The van der Waals surface area contributed by atoms with Gasteiger partial charge in [-0.25, -0.2) is 47.9 Å². The molecule has 2 unspecified atom stereocenters. The summed E-state index contributed by atoms with van der Waals surface area (Å²) in [5.41, 5.74) is -42.6. The summed E-state index contributed by atoms with van der Waals surface area (Å²) < 4.78 is 58.6. The first kappa shape index (κ1) is 84.7. The first-order valence-corrected chi connectivity index (χ1v) is 37.2. The Labute approximate surface area is 726 Å². The van der Waals surface area contributed by atoms with Crippen molar-refractivity contribution in [3.63, 3.8) is 0 Å². The molecule has 51 nitrogen and oxygen atoms in total. The second-order valence-corrected chi connectivity index (χ2v) is 30.3. The monoisotopic (exact) mass is 1850 g/mol. The van der Waals surface area contributed by atoms with Gasteiger partial charge in [-0.1, -0.05) is 0 Å². The van der Waals surface area contributed by atoms with Gasteiger partial charge in [-0.3, -0.25) is 0 Å². The van der Waals surface area contributed by atoms with Crippen LogP contribution in [-0.2, 0) is 47.4 Å². The number of ether oxygens (including phenoxy) is 10. The van der Waals surface area contributed by atoms with E-state index in [2.05, 4.69) is 0 Å². The number of cyclic esters (lactones) is 2. The van der Waals surface area contributed by atoms with Gasteiger partial charge in [-0.2, -0.15) is 0 Å². The lowest BCUT2D eigenvalue weighted by atomic mass is 9.72. The predicted molar refractivity (Wildman–Crippen MR) is 409 cm³/mol. The topological polar surface area (TPSA) is 890 Å².